The maximum absolute atomic E-state index is 5.97. The van der Waals surface area contributed by atoms with Crippen molar-refractivity contribution in [3.05, 3.63) is 0 Å². The van der Waals surface area contributed by atoms with Crippen LogP contribution in [0.25, 0.3) is 0 Å². The predicted octanol–water partition coefficient (Wildman–Crippen LogP) is 1.08. The summed E-state index contributed by atoms with van der Waals surface area (Å²) in [5.74, 6) is 0.649. The van der Waals surface area contributed by atoms with E-state index < -0.39 is 0 Å². The molecule has 3 nitrogen and oxygen atoms in total. The summed E-state index contributed by atoms with van der Waals surface area (Å²) >= 11 is 0. The number of hydrogen-bond donors (Lipinski definition) is 1. The van der Waals surface area contributed by atoms with Crippen LogP contribution in [-0.4, -0.2) is 43.8 Å². The van der Waals surface area contributed by atoms with Crippen molar-refractivity contribution in [1.82, 2.24) is 4.90 Å². The van der Waals surface area contributed by atoms with Crippen LogP contribution in [0.3, 0.4) is 0 Å². The van der Waals surface area contributed by atoms with Gasteiger partial charge in [-0.25, -0.2) is 0 Å². The lowest BCUT2D eigenvalue weighted by Gasteiger charge is -2.35. The zero-order valence-corrected chi connectivity index (χ0v) is 9.54. The molecule has 1 fully saturated rings. The molecule has 84 valence electrons. The molecule has 0 amide bonds. The first-order valence-corrected chi connectivity index (χ1v) is 5.79. The van der Waals surface area contributed by atoms with Gasteiger partial charge in [-0.05, 0) is 32.2 Å². The summed E-state index contributed by atoms with van der Waals surface area (Å²) in [5, 5.41) is 0. The maximum atomic E-state index is 5.97. The smallest absolute Gasteiger partial charge is 0.0478 e. The molecule has 2 N–H and O–H groups in total. The van der Waals surface area contributed by atoms with Gasteiger partial charge in [-0.3, -0.25) is 0 Å². The van der Waals surface area contributed by atoms with Crippen molar-refractivity contribution >= 4 is 0 Å². The SMILES string of the molecule is CCOCCCN1CC[C@@H](N)[C@@H](C)C1. The summed E-state index contributed by atoms with van der Waals surface area (Å²) in [4.78, 5) is 2.51. The average Bonchev–Trinajstić information content (AvgIpc) is 2.18. The quantitative estimate of drug-likeness (QED) is 0.675. The second kappa shape index (κ2) is 6.38. The third kappa shape index (κ3) is 3.95. The number of nitrogens with two attached hydrogens (primary N) is 1. The Kier molecular flexibility index (Phi) is 5.45. The van der Waals surface area contributed by atoms with Gasteiger partial charge in [0.25, 0.3) is 0 Å². The minimum absolute atomic E-state index is 0.415. The molecular weight excluding hydrogens is 176 g/mol. The van der Waals surface area contributed by atoms with Crippen molar-refractivity contribution in [2.75, 3.05) is 32.8 Å². The molecule has 0 aromatic heterocycles. The Morgan fingerprint density at radius 3 is 2.93 bits per heavy atom. The topological polar surface area (TPSA) is 38.5 Å². The molecule has 1 aliphatic rings. The van der Waals surface area contributed by atoms with E-state index >= 15 is 0 Å². The van der Waals surface area contributed by atoms with Gasteiger partial charge in [0.1, 0.15) is 0 Å². The minimum atomic E-state index is 0.415. The molecule has 0 radical (unpaired) electrons. The van der Waals surface area contributed by atoms with Crippen LogP contribution in [0.4, 0.5) is 0 Å². The lowest BCUT2D eigenvalue weighted by atomic mass is 9.95. The van der Waals surface area contributed by atoms with Gasteiger partial charge in [0.05, 0.1) is 0 Å². The van der Waals surface area contributed by atoms with Crippen LogP contribution in [-0.2, 0) is 4.74 Å². The van der Waals surface area contributed by atoms with Crippen LogP contribution < -0.4 is 5.73 Å². The van der Waals surface area contributed by atoms with E-state index in [1.807, 2.05) is 6.92 Å². The lowest BCUT2D eigenvalue weighted by molar-refractivity contribution is 0.115. The fourth-order valence-corrected chi connectivity index (χ4v) is 1.99. The number of ether oxygens (including phenoxy) is 1. The lowest BCUT2D eigenvalue weighted by Crippen LogP contribution is -2.46. The number of piperidine rings is 1. The molecule has 0 aliphatic carbocycles. The molecule has 0 unspecified atom stereocenters. The summed E-state index contributed by atoms with van der Waals surface area (Å²) in [6, 6.07) is 0.415. The summed E-state index contributed by atoms with van der Waals surface area (Å²) in [5.41, 5.74) is 5.97. The third-order valence-electron chi connectivity index (χ3n) is 3.02. The van der Waals surface area contributed by atoms with Crippen molar-refractivity contribution in [2.24, 2.45) is 11.7 Å². The number of nitrogens with zero attached hydrogens (tertiary/aromatic N) is 1. The highest BCUT2D eigenvalue weighted by molar-refractivity contribution is 4.79. The molecule has 0 aromatic carbocycles. The van der Waals surface area contributed by atoms with Crippen molar-refractivity contribution in [3.63, 3.8) is 0 Å². The van der Waals surface area contributed by atoms with E-state index in [-0.39, 0.29) is 0 Å². The first-order chi connectivity index (χ1) is 6.74. The van der Waals surface area contributed by atoms with Crippen LogP contribution >= 0.6 is 0 Å². The summed E-state index contributed by atoms with van der Waals surface area (Å²) in [6.45, 7) is 9.51. The highest BCUT2D eigenvalue weighted by Crippen LogP contribution is 2.14. The van der Waals surface area contributed by atoms with Gasteiger partial charge in [-0.15, -0.1) is 0 Å². The molecule has 2 atom stereocenters. The van der Waals surface area contributed by atoms with Gasteiger partial charge in [-0.1, -0.05) is 6.92 Å². The monoisotopic (exact) mass is 200 g/mol. The largest absolute Gasteiger partial charge is 0.382 e. The first kappa shape index (κ1) is 12.0. The molecule has 1 heterocycles. The van der Waals surface area contributed by atoms with E-state index in [1.54, 1.807) is 0 Å². The van der Waals surface area contributed by atoms with E-state index in [0.717, 1.165) is 45.7 Å². The van der Waals surface area contributed by atoms with Crippen LogP contribution in [0.1, 0.15) is 26.7 Å². The number of hydrogen-bond acceptors (Lipinski definition) is 3. The number of likely N-dealkylation sites (tertiary alicyclic amines) is 1. The molecule has 14 heavy (non-hydrogen) atoms. The summed E-state index contributed by atoms with van der Waals surface area (Å²) in [7, 11) is 0. The fourth-order valence-electron chi connectivity index (χ4n) is 1.99. The average molecular weight is 200 g/mol. The normalized spacial score (nSPS) is 29.4. The van der Waals surface area contributed by atoms with Gasteiger partial charge in [0, 0.05) is 32.3 Å². The van der Waals surface area contributed by atoms with Crippen molar-refractivity contribution in [2.45, 2.75) is 32.7 Å². The Bertz CT molecular complexity index is 152. The Balaban J connectivity index is 2.07. The highest BCUT2D eigenvalue weighted by Gasteiger charge is 2.22. The van der Waals surface area contributed by atoms with E-state index in [9.17, 15) is 0 Å². The number of rotatable bonds is 5. The van der Waals surface area contributed by atoms with Gasteiger partial charge in [-0.2, -0.15) is 0 Å². The molecule has 3 heteroatoms. The zero-order valence-electron chi connectivity index (χ0n) is 9.54. The standard InChI is InChI=1S/C11H24N2O/c1-3-14-8-4-6-13-7-5-11(12)10(2)9-13/h10-11H,3-9,12H2,1-2H3/t10-,11+/m0/s1. The molecule has 1 saturated heterocycles. The third-order valence-corrected chi connectivity index (χ3v) is 3.02. The van der Waals surface area contributed by atoms with Gasteiger partial charge < -0.3 is 15.4 Å². The molecule has 0 aromatic rings. The molecular formula is C11H24N2O. The zero-order chi connectivity index (χ0) is 10.4. The first-order valence-electron chi connectivity index (χ1n) is 5.79. The Morgan fingerprint density at radius 1 is 1.50 bits per heavy atom. The maximum Gasteiger partial charge on any atom is 0.0478 e. The van der Waals surface area contributed by atoms with E-state index in [1.165, 1.54) is 0 Å². The van der Waals surface area contributed by atoms with Gasteiger partial charge >= 0.3 is 0 Å². The Morgan fingerprint density at radius 2 is 2.29 bits per heavy atom. The predicted molar refractivity (Wildman–Crippen MR) is 59.3 cm³/mol. The fraction of sp³-hybridized carbons (Fsp3) is 1.00. The molecule has 0 saturated carbocycles. The highest BCUT2D eigenvalue weighted by atomic mass is 16.5. The van der Waals surface area contributed by atoms with Crippen molar-refractivity contribution in [1.29, 1.82) is 0 Å². The Labute approximate surface area is 87.6 Å². The van der Waals surface area contributed by atoms with Crippen LogP contribution in [0, 0.1) is 5.92 Å². The molecule has 0 bridgehead atoms. The van der Waals surface area contributed by atoms with E-state index in [2.05, 4.69) is 11.8 Å². The van der Waals surface area contributed by atoms with Crippen molar-refractivity contribution in [3.8, 4) is 0 Å². The van der Waals surface area contributed by atoms with E-state index in [0.29, 0.717) is 12.0 Å². The Hall–Kier alpha value is -0.120. The van der Waals surface area contributed by atoms with E-state index in [4.69, 9.17) is 10.5 Å². The van der Waals surface area contributed by atoms with Crippen LogP contribution in [0.5, 0.6) is 0 Å². The van der Waals surface area contributed by atoms with Crippen molar-refractivity contribution < 1.29 is 4.74 Å². The van der Waals surface area contributed by atoms with Crippen LogP contribution in [0.15, 0.2) is 0 Å². The molecule has 1 rings (SSSR count). The summed E-state index contributed by atoms with van der Waals surface area (Å²) in [6.07, 6.45) is 2.30. The second-order valence-electron chi connectivity index (χ2n) is 4.28. The molecule has 0 spiro atoms. The minimum Gasteiger partial charge on any atom is -0.382 e. The second-order valence-corrected chi connectivity index (χ2v) is 4.28. The van der Waals surface area contributed by atoms with Crippen LogP contribution in [0.2, 0.25) is 0 Å². The molecule has 1 aliphatic heterocycles. The summed E-state index contributed by atoms with van der Waals surface area (Å²) < 4.78 is 5.32. The van der Waals surface area contributed by atoms with Gasteiger partial charge in [0.15, 0.2) is 0 Å². The van der Waals surface area contributed by atoms with Gasteiger partial charge in [0.2, 0.25) is 0 Å².